The van der Waals surface area contributed by atoms with Gasteiger partial charge in [-0.15, -0.1) is 0 Å². The highest BCUT2D eigenvalue weighted by Crippen LogP contribution is 2.26. The van der Waals surface area contributed by atoms with Crippen LogP contribution in [-0.2, 0) is 17.8 Å². The zero-order valence-electron chi connectivity index (χ0n) is 6.29. The van der Waals surface area contributed by atoms with E-state index in [2.05, 4.69) is 5.16 Å². The van der Waals surface area contributed by atoms with Crippen molar-refractivity contribution in [2.24, 2.45) is 0 Å². The third kappa shape index (κ3) is 1.16. The Balaban J connectivity index is 2.38. The van der Waals surface area contributed by atoms with E-state index in [0.29, 0.717) is 6.61 Å². The van der Waals surface area contributed by atoms with Gasteiger partial charge in [0.15, 0.2) is 5.09 Å². The van der Waals surface area contributed by atoms with Crippen LogP contribution in [0, 0.1) is 0 Å². The Bertz CT molecular complexity index is 245. The Morgan fingerprint density at radius 2 is 2.45 bits per heavy atom. The molecule has 3 nitrogen and oxygen atoms in total. The van der Waals surface area contributed by atoms with E-state index in [-0.39, 0.29) is 0 Å². The second-order valence-electron chi connectivity index (χ2n) is 2.40. The van der Waals surface area contributed by atoms with E-state index in [1.54, 1.807) is 11.8 Å². The molecule has 4 heteroatoms. The molecule has 0 aromatic carbocycles. The van der Waals surface area contributed by atoms with E-state index in [0.717, 1.165) is 29.4 Å². The van der Waals surface area contributed by atoms with Gasteiger partial charge in [0.1, 0.15) is 0 Å². The zero-order valence-corrected chi connectivity index (χ0v) is 7.11. The zero-order chi connectivity index (χ0) is 7.68. The van der Waals surface area contributed by atoms with E-state index >= 15 is 0 Å². The van der Waals surface area contributed by atoms with Gasteiger partial charge >= 0.3 is 0 Å². The minimum Gasteiger partial charge on any atom is -0.376 e. The first-order valence-electron chi connectivity index (χ1n) is 3.51. The maximum absolute atomic E-state index is 5.28. The van der Waals surface area contributed by atoms with Gasteiger partial charge in [-0.1, -0.05) is 16.9 Å². The summed E-state index contributed by atoms with van der Waals surface area (Å²) < 4.78 is 10.4. The number of hydrogen-bond donors (Lipinski definition) is 0. The maximum atomic E-state index is 5.28. The molecule has 0 atom stereocenters. The quantitative estimate of drug-likeness (QED) is 0.599. The van der Waals surface area contributed by atoms with Crippen molar-refractivity contribution >= 4 is 11.8 Å². The number of ether oxygens (including phenoxy) is 1. The van der Waals surface area contributed by atoms with Gasteiger partial charge in [0.05, 0.1) is 24.5 Å². The second-order valence-corrected chi connectivity index (χ2v) is 3.18. The Labute approximate surface area is 69.1 Å². The van der Waals surface area contributed by atoms with Crippen molar-refractivity contribution in [1.29, 1.82) is 0 Å². The van der Waals surface area contributed by atoms with Crippen LogP contribution in [0.4, 0.5) is 0 Å². The van der Waals surface area contributed by atoms with Gasteiger partial charge < -0.3 is 9.26 Å². The fourth-order valence-corrected chi connectivity index (χ4v) is 1.70. The molecule has 0 saturated carbocycles. The molecule has 0 aliphatic carbocycles. The lowest BCUT2D eigenvalue weighted by atomic mass is 10.2. The van der Waals surface area contributed by atoms with E-state index < -0.39 is 0 Å². The van der Waals surface area contributed by atoms with Gasteiger partial charge in [-0.2, -0.15) is 0 Å². The standard InChI is InChI=1S/C7H9NO2S/c1-11-7-5-4-9-3-2-6(5)8-10-7/h2-4H2,1H3. The number of aromatic nitrogens is 1. The molecule has 0 spiro atoms. The monoisotopic (exact) mass is 171 g/mol. The van der Waals surface area contributed by atoms with Gasteiger partial charge in [-0.05, 0) is 6.26 Å². The maximum Gasteiger partial charge on any atom is 0.198 e. The van der Waals surface area contributed by atoms with Crippen molar-refractivity contribution in [3.8, 4) is 0 Å². The highest BCUT2D eigenvalue weighted by molar-refractivity contribution is 7.98. The summed E-state index contributed by atoms with van der Waals surface area (Å²) in [5, 5.41) is 4.85. The minimum atomic E-state index is 0.662. The van der Waals surface area contributed by atoms with Crippen LogP contribution in [0.3, 0.4) is 0 Å². The average molecular weight is 171 g/mol. The molecule has 0 N–H and O–H groups in total. The summed E-state index contributed by atoms with van der Waals surface area (Å²) in [5.41, 5.74) is 2.21. The molecule has 2 heterocycles. The molecule has 0 radical (unpaired) electrons. The smallest absolute Gasteiger partial charge is 0.198 e. The van der Waals surface area contributed by atoms with Crippen molar-refractivity contribution in [2.45, 2.75) is 18.1 Å². The second kappa shape index (κ2) is 2.87. The van der Waals surface area contributed by atoms with E-state index in [4.69, 9.17) is 9.26 Å². The molecule has 2 rings (SSSR count). The SMILES string of the molecule is CSc1onc2c1COCC2. The molecular formula is C7H9NO2S. The number of fused-ring (bicyclic) bond motifs is 1. The molecule has 0 bridgehead atoms. The Morgan fingerprint density at radius 1 is 1.55 bits per heavy atom. The highest BCUT2D eigenvalue weighted by Gasteiger charge is 2.18. The Kier molecular flexibility index (Phi) is 1.87. The third-order valence-electron chi connectivity index (χ3n) is 1.75. The van der Waals surface area contributed by atoms with Crippen LogP contribution in [-0.4, -0.2) is 18.0 Å². The lowest BCUT2D eigenvalue weighted by Crippen LogP contribution is -2.08. The van der Waals surface area contributed by atoms with Crippen LogP contribution >= 0.6 is 11.8 Å². The van der Waals surface area contributed by atoms with Gasteiger partial charge in [0, 0.05) is 6.42 Å². The fraction of sp³-hybridized carbons (Fsp3) is 0.571. The van der Waals surface area contributed by atoms with Gasteiger partial charge in [0.2, 0.25) is 0 Å². The molecule has 0 saturated heterocycles. The highest BCUT2D eigenvalue weighted by atomic mass is 32.2. The topological polar surface area (TPSA) is 35.3 Å². The van der Waals surface area contributed by atoms with Crippen LogP contribution < -0.4 is 0 Å². The van der Waals surface area contributed by atoms with Gasteiger partial charge in [-0.3, -0.25) is 0 Å². The Hall–Kier alpha value is -0.480. The molecule has 1 aromatic heterocycles. The van der Waals surface area contributed by atoms with E-state index in [1.807, 2.05) is 6.26 Å². The van der Waals surface area contributed by atoms with Crippen molar-refractivity contribution in [2.75, 3.05) is 12.9 Å². The fourth-order valence-electron chi connectivity index (χ4n) is 1.17. The average Bonchev–Trinajstić information content (AvgIpc) is 2.47. The van der Waals surface area contributed by atoms with E-state index in [9.17, 15) is 0 Å². The molecule has 1 aliphatic rings. The molecule has 11 heavy (non-hydrogen) atoms. The molecule has 1 aromatic rings. The third-order valence-corrected chi connectivity index (χ3v) is 2.44. The minimum absolute atomic E-state index is 0.662. The van der Waals surface area contributed by atoms with Gasteiger partial charge in [-0.25, -0.2) is 0 Å². The summed E-state index contributed by atoms with van der Waals surface area (Å²) in [4.78, 5) is 0. The van der Waals surface area contributed by atoms with Crippen molar-refractivity contribution in [3.05, 3.63) is 11.3 Å². The molecule has 60 valence electrons. The summed E-state index contributed by atoms with van der Waals surface area (Å²) in [6.45, 7) is 1.43. The van der Waals surface area contributed by atoms with E-state index in [1.165, 1.54) is 0 Å². The van der Waals surface area contributed by atoms with Crippen molar-refractivity contribution in [1.82, 2.24) is 5.16 Å². The normalized spacial score (nSPS) is 16.5. The van der Waals surface area contributed by atoms with Crippen LogP contribution in [0.5, 0.6) is 0 Å². The summed E-state index contributed by atoms with van der Waals surface area (Å²) in [7, 11) is 0. The molecule has 0 unspecified atom stereocenters. The van der Waals surface area contributed by atoms with Gasteiger partial charge in [0.25, 0.3) is 0 Å². The lowest BCUT2D eigenvalue weighted by Gasteiger charge is -2.09. The molecule has 0 fully saturated rings. The summed E-state index contributed by atoms with van der Waals surface area (Å²) in [6, 6.07) is 0. The first kappa shape index (κ1) is 7.18. The number of rotatable bonds is 1. The summed E-state index contributed by atoms with van der Waals surface area (Å²) >= 11 is 1.58. The largest absolute Gasteiger partial charge is 0.376 e. The number of thioether (sulfide) groups is 1. The van der Waals surface area contributed by atoms with Crippen LogP contribution in [0.1, 0.15) is 11.3 Å². The predicted molar refractivity (Wildman–Crippen MR) is 41.6 cm³/mol. The molecule has 1 aliphatic heterocycles. The molecular weight excluding hydrogens is 162 g/mol. The predicted octanol–water partition coefficient (Wildman–Crippen LogP) is 1.47. The molecule has 0 amide bonds. The number of hydrogen-bond acceptors (Lipinski definition) is 4. The first-order valence-corrected chi connectivity index (χ1v) is 4.73. The number of nitrogens with zero attached hydrogens (tertiary/aromatic N) is 1. The Morgan fingerprint density at radius 3 is 3.27 bits per heavy atom. The van der Waals surface area contributed by atoms with Crippen LogP contribution in [0.15, 0.2) is 9.62 Å². The van der Waals surface area contributed by atoms with Crippen LogP contribution in [0.2, 0.25) is 0 Å². The van der Waals surface area contributed by atoms with Crippen molar-refractivity contribution in [3.63, 3.8) is 0 Å². The summed E-state index contributed by atoms with van der Waals surface area (Å²) in [6.07, 6.45) is 2.87. The lowest BCUT2D eigenvalue weighted by molar-refractivity contribution is 0.108. The first-order chi connectivity index (χ1) is 5.42. The van der Waals surface area contributed by atoms with Crippen LogP contribution in [0.25, 0.3) is 0 Å². The summed E-state index contributed by atoms with van der Waals surface area (Å²) in [5.74, 6) is 0. The van der Waals surface area contributed by atoms with Crippen molar-refractivity contribution < 1.29 is 9.26 Å².